The summed E-state index contributed by atoms with van der Waals surface area (Å²) in [5, 5.41) is 3.57. The van der Waals surface area contributed by atoms with Crippen molar-refractivity contribution in [1.82, 2.24) is 5.16 Å². The quantitative estimate of drug-likeness (QED) is 0.521. The number of rotatable bonds is 1. The van der Waals surface area contributed by atoms with Gasteiger partial charge in [-0.1, -0.05) is 5.16 Å². The summed E-state index contributed by atoms with van der Waals surface area (Å²) in [6.07, 6.45) is 7.32. The van der Waals surface area contributed by atoms with E-state index >= 15 is 0 Å². The lowest BCUT2D eigenvalue weighted by molar-refractivity contribution is 0.396. The second kappa shape index (κ2) is 2.36. The van der Waals surface area contributed by atoms with Crippen molar-refractivity contribution >= 4 is 0 Å². The maximum Gasteiger partial charge on any atom is 0.137 e. The van der Waals surface area contributed by atoms with Gasteiger partial charge in [0.1, 0.15) is 5.76 Å². The van der Waals surface area contributed by atoms with Crippen LogP contribution in [0.4, 0.5) is 0 Å². The summed E-state index contributed by atoms with van der Waals surface area (Å²) in [5.74, 6) is 3.32. The monoisotopic (exact) mass is 121 g/mol. The van der Waals surface area contributed by atoms with Crippen LogP contribution in [0.3, 0.4) is 0 Å². The lowest BCUT2D eigenvalue weighted by atomic mass is 10.2. The summed E-state index contributed by atoms with van der Waals surface area (Å²) in [6, 6.07) is 0. The fourth-order valence-corrected chi connectivity index (χ4v) is 0.599. The molecule has 1 rings (SSSR count). The molecule has 0 atom stereocenters. The van der Waals surface area contributed by atoms with Crippen molar-refractivity contribution in [2.75, 3.05) is 0 Å². The zero-order valence-corrected chi connectivity index (χ0v) is 5.22. The third-order valence-corrected chi connectivity index (χ3v) is 1.14. The molecule has 0 aliphatic carbocycles. The number of nitrogens with zero attached hydrogens (tertiary/aromatic N) is 1. The van der Waals surface area contributed by atoms with Gasteiger partial charge in [-0.05, 0) is 6.92 Å². The minimum atomic E-state index is 0.606. The highest BCUT2D eigenvalue weighted by Crippen LogP contribution is 2.04. The van der Waals surface area contributed by atoms with E-state index in [0.717, 1.165) is 11.3 Å². The summed E-state index contributed by atoms with van der Waals surface area (Å²) in [4.78, 5) is 0. The van der Waals surface area contributed by atoms with Gasteiger partial charge in [-0.25, -0.2) is 0 Å². The van der Waals surface area contributed by atoms with Crippen LogP contribution in [0.25, 0.3) is 0 Å². The Bertz CT molecular complexity index is 231. The Morgan fingerprint density at radius 3 is 3.11 bits per heavy atom. The van der Waals surface area contributed by atoms with Gasteiger partial charge in [-0.3, -0.25) is 0 Å². The Morgan fingerprint density at radius 2 is 2.67 bits per heavy atom. The van der Waals surface area contributed by atoms with E-state index in [9.17, 15) is 0 Å². The average Bonchev–Trinajstić information content (AvgIpc) is 2.18. The van der Waals surface area contributed by atoms with Crippen LogP contribution in [-0.2, 0) is 6.42 Å². The molecule has 0 bridgehead atoms. The summed E-state index contributed by atoms with van der Waals surface area (Å²) in [5.41, 5.74) is 0.998. The molecule has 0 radical (unpaired) electrons. The van der Waals surface area contributed by atoms with Gasteiger partial charge in [0.25, 0.3) is 0 Å². The molecule has 0 aliphatic heterocycles. The molecule has 0 spiro atoms. The molecule has 0 N–H and O–H groups in total. The molecule has 2 nitrogen and oxygen atoms in total. The Kier molecular flexibility index (Phi) is 1.55. The molecule has 9 heavy (non-hydrogen) atoms. The lowest BCUT2D eigenvalue weighted by Gasteiger charge is -1.83. The summed E-state index contributed by atoms with van der Waals surface area (Å²) >= 11 is 0. The molecule has 0 saturated carbocycles. The van der Waals surface area contributed by atoms with E-state index in [-0.39, 0.29) is 0 Å². The van der Waals surface area contributed by atoms with E-state index < -0.39 is 0 Å². The average molecular weight is 121 g/mol. The van der Waals surface area contributed by atoms with Gasteiger partial charge in [0.15, 0.2) is 0 Å². The van der Waals surface area contributed by atoms with E-state index in [1.165, 1.54) is 0 Å². The highest BCUT2D eigenvalue weighted by Gasteiger charge is 1.98. The third kappa shape index (κ3) is 1.11. The zero-order chi connectivity index (χ0) is 6.69. The molecule has 0 saturated heterocycles. The SMILES string of the molecule is C#CCc1cnoc1C. The van der Waals surface area contributed by atoms with E-state index in [0.29, 0.717) is 6.42 Å². The molecule has 1 heterocycles. The molecule has 0 fully saturated rings. The maximum absolute atomic E-state index is 5.07. The van der Waals surface area contributed by atoms with Crippen LogP contribution >= 0.6 is 0 Å². The minimum Gasteiger partial charge on any atom is -0.361 e. The predicted octanol–water partition coefficient (Wildman–Crippen LogP) is 1.16. The van der Waals surface area contributed by atoms with Crippen LogP contribution in [0.15, 0.2) is 10.7 Å². The second-order valence-electron chi connectivity index (χ2n) is 1.79. The normalized spacial score (nSPS) is 8.89. The fraction of sp³-hybridized carbons (Fsp3) is 0.286. The highest BCUT2D eigenvalue weighted by molar-refractivity contribution is 5.17. The smallest absolute Gasteiger partial charge is 0.137 e. The van der Waals surface area contributed by atoms with E-state index in [1.807, 2.05) is 6.92 Å². The first-order valence-corrected chi connectivity index (χ1v) is 2.68. The Morgan fingerprint density at radius 1 is 1.89 bits per heavy atom. The fourth-order valence-electron chi connectivity index (χ4n) is 0.599. The number of aryl methyl sites for hydroxylation is 1. The summed E-state index contributed by atoms with van der Waals surface area (Å²) < 4.78 is 4.77. The number of hydrogen-bond donors (Lipinski definition) is 0. The number of terminal acetylenes is 1. The van der Waals surface area contributed by atoms with E-state index in [2.05, 4.69) is 11.1 Å². The van der Waals surface area contributed by atoms with Crippen LogP contribution in [0.5, 0.6) is 0 Å². The van der Waals surface area contributed by atoms with Gasteiger partial charge >= 0.3 is 0 Å². The van der Waals surface area contributed by atoms with Crippen LogP contribution in [-0.4, -0.2) is 5.16 Å². The van der Waals surface area contributed by atoms with Gasteiger partial charge < -0.3 is 4.52 Å². The molecule has 1 aromatic heterocycles. The van der Waals surface area contributed by atoms with Gasteiger partial charge in [0, 0.05) is 12.0 Å². The molecule has 0 amide bonds. The summed E-state index contributed by atoms with van der Waals surface area (Å²) in [7, 11) is 0. The first-order chi connectivity index (χ1) is 4.34. The standard InChI is InChI=1S/C7H7NO/c1-3-4-7-5-8-9-6(7)2/h1,5H,4H2,2H3. The Labute approximate surface area is 53.9 Å². The molecule has 0 unspecified atom stereocenters. The first-order valence-electron chi connectivity index (χ1n) is 2.68. The van der Waals surface area contributed by atoms with Gasteiger partial charge in [-0.2, -0.15) is 0 Å². The Hall–Kier alpha value is -1.23. The molecule has 1 aromatic rings. The second-order valence-corrected chi connectivity index (χ2v) is 1.79. The number of hydrogen-bond acceptors (Lipinski definition) is 2. The largest absolute Gasteiger partial charge is 0.361 e. The third-order valence-electron chi connectivity index (χ3n) is 1.14. The predicted molar refractivity (Wildman–Crippen MR) is 33.8 cm³/mol. The number of aromatic nitrogens is 1. The van der Waals surface area contributed by atoms with Crippen LogP contribution in [0, 0.1) is 19.3 Å². The van der Waals surface area contributed by atoms with Crippen molar-refractivity contribution in [2.45, 2.75) is 13.3 Å². The van der Waals surface area contributed by atoms with Crippen molar-refractivity contribution in [3.8, 4) is 12.3 Å². The van der Waals surface area contributed by atoms with Crippen molar-refractivity contribution in [3.63, 3.8) is 0 Å². The first kappa shape index (κ1) is 5.90. The molecule has 46 valence electrons. The molecule has 2 heteroatoms. The maximum atomic E-state index is 5.07. The van der Waals surface area contributed by atoms with Gasteiger partial charge in [0.2, 0.25) is 0 Å². The van der Waals surface area contributed by atoms with Crippen molar-refractivity contribution in [2.24, 2.45) is 0 Å². The van der Waals surface area contributed by atoms with Crippen molar-refractivity contribution in [3.05, 3.63) is 17.5 Å². The van der Waals surface area contributed by atoms with Crippen LogP contribution in [0.2, 0.25) is 0 Å². The Balaban J connectivity index is 2.84. The van der Waals surface area contributed by atoms with E-state index in [1.54, 1.807) is 6.20 Å². The van der Waals surface area contributed by atoms with Crippen molar-refractivity contribution < 1.29 is 4.52 Å². The van der Waals surface area contributed by atoms with Crippen LogP contribution < -0.4 is 0 Å². The van der Waals surface area contributed by atoms with Gasteiger partial charge in [0.05, 0.1) is 6.20 Å². The zero-order valence-electron chi connectivity index (χ0n) is 5.22. The molecule has 0 aromatic carbocycles. The summed E-state index contributed by atoms with van der Waals surface area (Å²) in [6.45, 7) is 1.85. The molecular weight excluding hydrogens is 114 g/mol. The van der Waals surface area contributed by atoms with Crippen LogP contribution in [0.1, 0.15) is 11.3 Å². The molecular formula is C7H7NO. The molecule has 0 aliphatic rings. The highest BCUT2D eigenvalue weighted by atomic mass is 16.5. The van der Waals surface area contributed by atoms with Gasteiger partial charge in [-0.15, -0.1) is 12.3 Å². The van der Waals surface area contributed by atoms with Crippen molar-refractivity contribution in [1.29, 1.82) is 0 Å². The van der Waals surface area contributed by atoms with E-state index in [4.69, 9.17) is 10.9 Å². The lowest BCUT2D eigenvalue weighted by Crippen LogP contribution is -1.78. The topological polar surface area (TPSA) is 26.0 Å². The minimum absolute atomic E-state index is 0.606.